The van der Waals surface area contributed by atoms with Gasteiger partial charge in [-0.15, -0.1) is 6.58 Å². The van der Waals surface area contributed by atoms with E-state index in [2.05, 4.69) is 27.9 Å². The van der Waals surface area contributed by atoms with Crippen LogP contribution < -0.4 is 10.1 Å². The zero-order chi connectivity index (χ0) is 21.1. The molecule has 1 aromatic heterocycles. The molecule has 3 saturated heterocycles. The second-order valence-electron chi connectivity index (χ2n) is 8.28. The second kappa shape index (κ2) is 9.04. The Hall–Kier alpha value is -2.60. The number of rotatable bonds is 7. The average molecular weight is 410 g/mol. The molecule has 2 bridgehead atoms. The van der Waals surface area contributed by atoms with Gasteiger partial charge in [0.1, 0.15) is 11.9 Å². The highest BCUT2D eigenvalue weighted by atomic mass is 16.6. The Morgan fingerprint density at radius 1 is 1.43 bits per heavy atom. The van der Waals surface area contributed by atoms with Gasteiger partial charge in [-0.25, -0.2) is 4.79 Å². The molecule has 1 unspecified atom stereocenters. The summed E-state index contributed by atoms with van der Waals surface area (Å²) >= 11 is 0. The minimum absolute atomic E-state index is 0.143. The first-order valence-corrected chi connectivity index (χ1v) is 10.9. The van der Waals surface area contributed by atoms with Gasteiger partial charge < -0.3 is 14.8 Å². The first-order valence-electron chi connectivity index (χ1n) is 10.9. The van der Waals surface area contributed by atoms with Gasteiger partial charge in [0.05, 0.1) is 18.7 Å². The Balaban J connectivity index is 1.72. The number of piperidine rings is 3. The molecule has 3 fully saturated rings. The second-order valence-corrected chi connectivity index (χ2v) is 8.28. The molecule has 3 aliphatic heterocycles. The lowest BCUT2D eigenvalue weighted by molar-refractivity contribution is -0.0497. The van der Waals surface area contributed by atoms with E-state index in [9.17, 15) is 4.79 Å². The van der Waals surface area contributed by atoms with Crippen molar-refractivity contribution in [2.24, 2.45) is 11.8 Å². The van der Waals surface area contributed by atoms with Crippen molar-refractivity contribution in [2.45, 2.75) is 38.3 Å². The van der Waals surface area contributed by atoms with Crippen molar-refractivity contribution < 1.29 is 14.3 Å². The van der Waals surface area contributed by atoms with E-state index in [1.807, 2.05) is 31.2 Å². The van der Waals surface area contributed by atoms with Crippen molar-refractivity contribution >= 4 is 17.0 Å². The first-order chi connectivity index (χ1) is 14.6. The van der Waals surface area contributed by atoms with Gasteiger partial charge in [0, 0.05) is 30.2 Å². The van der Waals surface area contributed by atoms with E-state index in [4.69, 9.17) is 9.47 Å². The van der Waals surface area contributed by atoms with Crippen LogP contribution in [0, 0.1) is 11.8 Å². The number of pyridine rings is 1. The van der Waals surface area contributed by atoms with Crippen LogP contribution in [0.5, 0.6) is 5.75 Å². The SMILES string of the molecule is C=C[C@H]1CN2CC[C@H]1C[C@H]2[C@H](OC(=O)NCCC)c1ccnc2ccc(OC)cc12. The summed E-state index contributed by atoms with van der Waals surface area (Å²) in [7, 11) is 1.66. The number of carbonyl (C=O) groups is 1. The van der Waals surface area contributed by atoms with E-state index >= 15 is 0 Å². The van der Waals surface area contributed by atoms with Crippen LogP contribution in [0.25, 0.3) is 10.9 Å². The van der Waals surface area contributed by atoms with Gasteiger partial charge >= 0.3 is 6.09 Å². The molecule has 160 valence electrons. The largest absolute Gasteiger partial charge is 0.497 e. The van der Waals surface area contributed by atoms with Crippen LogP contribution in [0.15, 0.2) is 43.1 Å². The van der Waals surface area contributed by atoms with Crippen molar-refractivity contribution in [3.05, 3.63) is 48.7 Å². The monoisotopic (exact) mass is 409 g/mol. The van der Waals surface area contributed by atoms with Gasteiger partial charge in [0.2, 0.25) is 0 Å². The van der Waals surface area contributed by atoms with E-state index in [-0.39, 0.29) is 18.2 Å². The van der Waals surface area contributed by atoms with Crippen LogP contribution in [0.1, 0.15) is 37.9 Å². The number of carbonyl (C=O) groups excluding carboxylic acids is 1. The normalized spacial score (nSPS) is 26.2. The van der Waals surface area contributed by atoms with Crippen LogP contribution in [0.3, 0.4) is 0 Å². The van der Waals surface area contributed by atoms with E-state index in [1.54, 1.807) is 13.3 Å². The van der Waals surface area contributed by atoms with E-state index in [1.165, 1.54) is 6.42 Å². The molecule has 0 saturated carbocycles. The highest BCUT2D eigenvalue weighted by Crippen LogP contribution is 2.43. The van der Waals surface area contributed by atoms with Crippen LogP contribution >= 0.6 is 0 Å². The summed E-state index contributed by atoms with van der Waals surface area (Å²) in [4.78, 5) is 19.6. The standard InChI is InChI=1S/C24H31N3O3/c1-4-10-26-24(28)30-23(22-13-17-9-12-27(22)15-16(17)5-2)19-8-11-25-21-7-6-18(29-3)14-20(19)21/h5-8,11,14,16-17,22-23H,2,4,9-10,12-13,15H2,1,3H3,(H,26,28)/t16-,17-,22-,23+/m0/s1. The summed E-state index contributed by atoms with van der Waals surface area (Å²) < 4.78 is 11.5. The highest BCUT2D eigenvalue weighted by Gasteiger charge is 2.44. The summed E-state index contributed by atoms with van der Waals surface area (Å²) in [6.45, 7) is 8.67. The smallest absolute Gasteiger partial charge is 0.407 e. The maximum absolute atomic E-state index is 12.6. The number of nitrogens with zero attached hydrogens (tertiary/aromatic N) is 2. The third-order valence-corrected chi connectivity index (χ3v) is 6.55. The van der Waals surface area contributed by atoms with E-state index < -0.39 is 0 Å². The fourth-order valence-corrected chi connectivity index (χ4v) is 4.95. The summed E-state index contributed by atoms with van der Waals surface area (Å²) in [5, 5.41) is 3.84. The molecule has 6 nitrogen and oxygen atoms in total. The number of amides is 1. The molecular weight excluding hydrogens is 378 g/mol. The third kappa shape index (κ3) is 4.01. The molecule has 4 heterocycles. The number of alkyl carbamates (subject to hydrolysis) is 1. The fraction of sp³-hybridized carbons (Fsp3) is 0.500. The number of benzene rings is 1. The highest BCUT2D eigenvalue weighted by molar-refractivity contribution is 5.84. The minimum atomic E-state index is -0.368. The van der Waals surface area contributed by atoms with E-state index in [0.717, 1.165) is 48.1 Å². The topological polar surface area (TPSA) is 63.7 Å². The van der Waals surface area contributed by atoms with Gasteiger partial charge in [-0.2, -0.15) is 0 Å². The Bertz CT molecular complexity index is 916. The van der Waals surface area contributed by atoms with Crippen molar-refractivity contribution in [3.8, 4) is 5.75 Å². The number of hydrogen-bond acceptors (Lipinski definition) is 5. The van der Waals surface area contributed by atoms with Gasteiger partial charge in [0.15, 0.2) is 0 Å². The molecule has 0 spiro atoms. The van der Waals surface area contributed by atoms with Crippen LogP contribution in [0.2, 0.25) is 0 Å². The zero-order valence-corrected chi connectivity index (χ0v) is 17.8. The first kappa shape index (κ1) is 20.7. The quantitative estimate of drug-likeness (QED) is 0.690. The lowest BCUT2D eigenvalue weighted by Crippen LogP contribution is -2.55. The molecule has 5 atom stereocenters. The maximum Gasteiger partial charge on any atom is 0.407 e. The fourth-order valence-electron chi connectivity index (χ4n) is 4.95. The van der Waals surface area contributed by atoms with E-state index in [0.29, 0.717) is 18.4 Å². The number of aromatic nitrogens is 1. The summed E-state index contributed by atoms with van der Waals surface area (Å²) in [6.07, 6.45) is 6.19. The Morgan fingerprint density at radius 3 is 3.00 bits per heavy atom. The van der Waals surface area contributed by atoms with Crippen LogP contribution in [-0.2, 0) is 4.74 Å². The Kier molecular flexibility index (Phi) is 6.23. The lowest BCUT2D eigenvalue weighted by atomic mass is 9.73. The van der Waals surface area contributed by atoms with Gasteiger partial charge in [0.25, 0.3) is 0 Å². The minimum Gasteiger partial charge on any atom is -0.497 e. The summed E-state index contributed by atoms with van der Waals surface area (Å²) in [5.74, 6) is 1.87. The van der Waals surface area contributed by atoms with Crippen molar-refractivity contribution in [3.63, 3.8) is 0 Å². The van der Waals surface area contributed by atoms with Crippen LogP contribution in [-0.4, -0.2) is 48.8 Å². The number of fused-ring (bicyclic) bond motifs is 4. The number of hydrogen-bond donors (Lipinski definition) is 1. The molecule has 1 aromatic carbocycles. The zero-order valence-electron chi connectivity index (χ0n) is 17.8. The van der Waals surface area contributed by atoms with Crippen molar-refractivity contribution in [1.29, 1.82) is 0 Å². The predicted octanol–water partition coefficient (Wildman–Crippen LogP) is 4.32. The maximum atomic E-state index is 12.6. The molecule has 2 aromatic rings. The van der Waals surface area contributed by atoms with Crippen molar-refractivity contribution in [2.75, 3.05) is 26.7 Å². The lowest BCUT2D eigenvalue weighted by Gasteiger charge is -2.51. The molecule has 5 rings (SSSR count). The van der Waals surface area contributed by atoms with Gasteiger partial charge in [-0.3, -0.25) is 9.88 Å². The Morgan fingerprint density at radius 2 is 2.30 bits per heavy atom. The number of methoxy groups -OCH3 is 1. The summed E-state index contributed by atoms with van der Waals surface area (Å²) in [5.41, 5.74) is 1.86. The molecule has 3 aliphatic rings. The summed E-state index contributed by atoms with van der Waals surface area (Å²) in [6, 6.07) is 7.97. The number of ether oxygens (including phenoxy) is 2. The van der Waals surface area contributed by atoms with Crippen molar-refractivity contribution in [1.82, 2.24) is 15.2 Å². The molecule has 0 radical (unpaired) electrons. The molecule has 30 heavy (non-hydrogen) atoms. The van der Waals surface area contributed by atoms with Gasteiger partial charge in [-0.05, 0) is 61.9 Å². The third-order valence-electron chi connectivity index (χ3n) is 6.55. The molecule has 0 aliphatic carbocycles. The predicted molar refractivity (Wildman–Crippen MR) is 118 cm³/mol. The van der Waals surface area contributed by atoms with Gasteiger partial charge in [-0.1, -0.05) is 13.0 Å². The Labute approximate surface area is 178 Å². The molecule has 6 heteroatoms. The van der Waals surface area contributed by atoms with Crippen LogP contribution in [0.4, 0.5) is 4.79 Å². The molecule has 1 N–H and O–H groups in total. The molecule has 1 amide bonds. The number of nitrogens with one attached hydrogen (secondary N) is 1. The molecular formula is C24H31N3O3. The average Bonchev–Trinajstić information content (AvgIpc) is 2.80.